The maximum Gasteiger partial charge on any atom is 0.407 e. The minimum Gasteiger partial charge on any atom is -0.453 e. The number of aromatic amines is 2. The Kier molecular flexibility index (Phi) is 11.5. The van der Waals surface area contributed by atoms with Gasteiger partial charge in [0.2, 0.25) is 11.8 Å². The minimum atomic E-state index is -0.947. The number of aryl methyl sites for hydroxylation is 2. The van der Waals surface area contributed by atoms with Crippen LogP contribution in [0, 0.1) is 11.8 Å². The number of nitrogens with zero attached hydrogens (tertiary/aromatic N) is 4. The largest absolute Gasteiger partial charge is 0.453 e. The quantitative estimate of drug-likeness (QED) is 0.134. The number of benzene rings is 3. The van der Waals surface area contributed by atoms with Gasteiger partial charge >= 0.3 is 12.2 Å². The fourth-order valence-electron chi connectivity index (χ4n) is 10.6. The van der Waals surface area contributed by atoms with Gasteiger partial charge in [-0.05, 0) is 84.6 Å². The summed E-state index contributed by atoms with van der Waals surface area (Å²) in [6.07, 6.45) is 3.57. The van der Waals surface area contributed by atoms with Crippen molar-refractivity contribution in [1.82, 2.24) is 40.4 Å². The number of hydrogen-bond donors (Lipinski definition) is 4. The Bertz CT molecular complexity index is 2650. The highest BCUT2D eigenvalue weighted by molar-refractivity contribution is 6.05. The summed E-state index contributed by atoms with van der Waals surface area (Å²) in [5, 5.41) is 7.67. The molecule has 0 bridgehead atoms. The van der Waals surface area contributed by atoms with E-state index < -0.39 is 36.1 Å². The number of amides is 4. The minimum absolute atomic E-state index is 0.111. The lowest BCUT2D eigenvalue weighted by atomic mass is 9.89. The maximum atomic E-state index is 14.6. The van der Waals surface area contributed by atoms with Crippen LogP contribution in [0.3, 0.4) is 0 Å². The van der Waals surface area contributed by atoms with Gasteiger partial charge in [-0.25, -0.2) is 19.6 Å². The van der Waals surface area contributed by atoms with Gasteiger partial charge < -0.3 is 54.1 Å². The molecule has 4 atom stereocenters. The van der Waals surface area contributed by atoms with Gasteiger partial charge in [0.15, 0.2) is 5.79 Å². The topological polar surface area (TPSA) is 202 Å². The van der Waals surface area contributed by atoms with Gasteiger partial charge in [-0.1, -0.05) is 50.2 Å². The van der Waals surface area contributed by atoms with Crippen molar-refractivity contribution in [3.63, 3.8) is 0 Å². The van der Waals surface area contributed by atoms with E-state index >= 15 is 0 Å². The molecular formula is C48H56N8O9. The lowest BCUT2D eigenvalue weighted by Gasteiger charge is -2.34. The number of aromatic nitrogens is 4. The van der Waals surface area contributed by atoms with E-state index in [-0.39, 0.29) is 36.2 Å². The summed E-state index contributed by atoms with van der Waals surface area (Å²) in [4.78, 5) is 73.9. The molecule has 2 aromatic heterocycles. The molecule has 4 saturated heterocycles. The Morgan fingerprint density at radius 3 is 2.31 bits per heavy atom. The molecule has 3 aromatic carbocycles. The maximum absolute atomic E-state index is 14.6. The lowest BCUT2D eigenvalue weighted by molar-refractivity contribution is -0.154. The Labute approximate surface area is 376 Å². The van der Waals surface area contributed by atoms with Crippen LogP contribution in [-0.2, 0) is 46.1 Å². The predicted molar refractivity (Wildman–Crippen MR) is 238 cm³/mol. The third-order valence-electron chi connectivity index (χ3n) is 14.0. The number of hydrogen-bond acceptors (Lipinski definition) is 11. The first kappa shape index (κ1) is 42.9. The van der Waals surface area contributed by atoms with Crippen LogP contribution >= 0.6 is 0 Å². The molecule has 4 amide bonds. The van der Waals surface area contributed by atoms with Crippen LogP contribution in [0.15, 0.2) is 48.5 Å². The predicted octanol–water partition coefficient (Wildman–Crippen LogP) is 6.08. The zero-order valence-corrected chi connectivity index (χ0v) is 37.2. The number of methoxy groups -OCH3 is 2. The van der Waals surface area contributed by atoms with Crippen molar-refractivity contribution >= 4 is 45.8 Å². The highest BCUT2D eigenvalue weighted by atomic mass is 16.7. The van der Waals surface area contributed by atoms with Gasteiger partial charge in [-0.2, -0.15) is 0 Å². The van der Waals surface area contributed by atoms with E-state index in [1.54, 1.807) is 4.90 Å². The number of imidazole rings is 2. The molecule has 4 fully saturated rings. The second-order valence-electron chi connectivity index (χ2n) is 18.2. The molecule has 10 rings (SSSR count). The SMILES string of the molecule is COC(=O)N[C@H](C(=O)N1CCC[C@H]1c1nc2ccc3cc(-c4ccc5c(c4)CCc4nc([C@@H]6CC7(CN6C(=O)[C@@H](NC(=O)OC)C6CCOCC6)OCCO7)[nH]c4-5)ccc3c2[nH]1)C(C)C. The van der Waals surface area contributed by atoms with Crippen molar-refractivity contribution in [1.29, 1.82) is 0 Å². The Morgan fingerprint density at radius 2 is 1.54 bits per heavy atom. The molecule has 342 valence electrons. The summed E-state index contributed by atoms with van der Waals surface area (Å²) in [5.41, 5.74) is 8.11. The van der Waals surface area contributed by atoms with Gasteiger partial charge in [-0.3, -0.25) is 9.59 Å². The fraction of sp³-hybridized carbons (Fsp3) is 0.500. The second kappa shape index (κ2) is 17.4. The molecule has 6 heterocycles. The molecule has 0 unspecified atom stereocenters. The van der Waals surface area contributed by atoms with Crippen LogP contribution in [-0.4, -0.2) is 125 Å². The Morgan fingerprint density at radius 1 is 0.800 bits per heavy atom. The number of H-pyrrole nitrogens is 2. The van der Waals surface area contributed by atoms with Gasteiger partial charge in [0.25, 0.3) is 0 Å². The highest BCUT2D eigenvalue weighted by Gasteiger charge is 2.53. The first-order valence-corrected chi connectivity index (χ1v) is 22.8. The summed E-state index contributed by atoms with van der Waals surface area (Å²) in [6, 6.07) is 15.0. The summed E-state index contributed by atoms with van der Waals surface area (Å²) in [5.74, 6) is -0.127. The smallest absolute Gasteiger partial charge is 0.407 e. The number of nitrogens with one attached hydrogen (secondary N) is 4. The number of likely N-dealkylation sites (tertiary alicyclic amines) is 2. The number of carbonyl (C=O) groups excluding carboxylic acids is 4. The van der Waals surface area contributed by atoms with Crippen LogP contribution in [0.5, 0.6) is 0 Å². The number of fused-ring (bicyclic) bond motifs is 6. The van der Waals surface area contributed by atoms with Crippen molar-refractivity contribution < 1.29 is 42.9 Å². The molecule has 65 heavy (non-hydrogen) atoms. The summed E-state index contributed by atoms with van der Waals surface area (Å²) >= 11 is 0. The molecule has 17 nitrogen and oxygen atoms in total. The highest BCUT2D eigenvalue weighted by Crippen LogP contribution is 2.45. The van der Waals surface area contributed by atoms with Crippen LogP contribution in [0.25, 0.3) is 44.2 Å². The van der Waals surface area contributed by atoms with Gasteiger partial charge in [-0.15, -0.1) is 0 Å². The third kappa shape index (κ3) is 7.96. The third-order valence-corrected chi connectivity index (χ3v) is 14.0. The molecular weight excluding hydrogens is 833 g/mol. The molecule has 5 aliphatic rings. The van der Waals surface area contributed by atoms with Gasteiger partial charge in [0.1, 0.15) is 23.7 Å². The van der Waals surface area contributed by atoms with Crippen LogP contribution in [0.1, 0.15) is 80.9 Å². The van der Waals surface area contributed by atoms with Gasteiger partial charge in [0.05, 0.1) is 68.5 Å². The normalized spacial score (nSPS) is 21.4. The van der Waals surface area contributed by atoms with Crippen LogP contribution in [0.4, 0.5) is 9.59 Å². The molecule has 0 radical (unpaired) electrons. The molecule has 4 N–H and O–H groups in total. The molecule has 17 heteroatoms. The van der Waals surface area contributed by atoms with E-state index in [9.17, 15) is 19.2 Å². The average Bonchev–Trinajstić information content (AvgIpc) is 4.19. The lowest BCUT2D eigenvalue weighted by Crippen LogP contribution is -2.54. The van der Waals surface area contributed by atoms with Crippen molar-refractivity contribution in [2.75, 3.05) is 53.7 Å². The first-order valence-electron chi connectivity index (χ1n) is 22.8. The number of rotatable bonds is 9. The number of alkyl carbamates (subject to hydrolysis) is 2. The number of carbonyl (C=O) groups is 4. The fourth-order valence-corrected chi connectivity index (χ4v) is 10.6. The Balaban J connectivity index is 0.903. The van der Waals surface area contributed by atoms with Crippen molar-refractivity contribution in [3.05, 3.63) is 71.4 Å². The molecule has 1 aliphatic carbocycles. The van der Waals surface area contributed by atoms with Crippen molar-refractivity contribution in [3.8, 4) is 22.4 Å². The van der Waals surface area contributed by atoms with Crippen molar-refractivity contribution in [2.45, 2.75) is 88.7 Å². The van der Waals surface area contributed by atoms with Crippen LogP contribution < -0.4 is 10.6 Å². The average molecular weight is 889 g/mol. The molecule has 5 aromatic rings. The number of ether oxygens (including phenoxy) is 5. The zero-order valence-electron chi connectivity index (χ0n) is 37.2. The van der Waals surface area contributed by atoms with Gasteiger partial charge in [0, 0.05) is 37.1 Å². The van der Waals surface area contributed by atoms with E-state index in [0.29, 0.717) is 58.1 Å². The molecule has 4 aliphatic heterocycles. The van der Waals surface area contributed by atoms with E-state index in [1.807, 2.05) is 24.8 Å². The van der Waals surface area contributed by atoms with Crippen LogP contribution in [0.2, 0.25) is 0 Å². The summed E-state index contributed by atoms with van der Waals surface area (Å²) < 4.78 is 27.7. The monoisotopic (exact) mass is 888 g/mol. The van der Waals surface area contributed by atoms with E-state index in [4.69, 9.17) is 33.7 Å². The summed E-state index contributed by atoms with van der Waals surface area (Å²) in [7, 11) is 2.60. The zero-order chi connectivity index (χ0) is 45.0. The van der Waals surface area contributed by atoms with E-state index in [0.717, 1.165) is 81.4 Å². The second-order valence-corrected chi connectivity index (χ2v) is 18.2. The summed E-state index contributed by atoms with van der Waals surface area (Å²) in [6.45, 7) is 6.54. The van der Waals surface area contributed by atoms with E-state index in [2.05, 4.69) is 63.1 Å². The van der Waals surface area contributed by atoms with Crippen molar-refractivity contribution in [2.24, 2.45) is 11.8 Å². The Hall–Kier alpha value is -6.04. The standard InChI is InChI=1S/C48H56N8O9/c1-26(2)38(53-46(59)61-3)44(57)55-17-5-6-36(55)42-49-34-13-9-30-22-28(7-11-32(30)40(34)51-42)29-8-12-33-31(23-29)10-14-35-41(33)52-43(50-35)37-24-48(64-20-21-65-48)25-56(37)45(58)39(54-47(60)62-4)27-15-18-63-19-16-27/h7-9,11-13,22-23,26-27,36-39H,5-6,10,14-21,24-25H2,1-4H3,(H,49,51)(H,50,52)(H,53,59)(H,54,60)/t36-,37-,38-,39-/m0/s1. The van der Waals surface area contributed by atoms with E-state index in [1.165, 1.54) is 19.8 Å². The molecule has 1 spiro atoms. The molecule has 0 saturated carbocycles. The first-order chi connectivity index (χ1) is 31.5.